The Balaban J connectivity index is 1.88. The van der Waals surface area contributed by atoms with Gasteiger partial charge in [0, 0.05) is 45.0 Å². The molecule has 1 aromatic rings. The van der Waals surface area contributed by atoms with Crippen LogP contribution in [0.1, 0.15) is 6.92 Å². The van der Waals surface area contributed by atoms with Crippen LogP contribution >= 0.6 is 0 Å². The molecule has 2 heterocycles. The van der Waals surface area contributed by atoms with Crippen molar-refractivity contribution in [1.82, 2.24) is 19.8 Å². The second kappa shape index (κ2) is 6.68. The van der Waals surface area contributed by atoms with Gasteiger partial charge in [0.1, 0.15) is 5.82 Å². The molecule has 1 saturated heterocycles. The second-order valence-electron chi connectivity index (χ2n) is 5.07. The third kappa shape index (κ3) is 4.04. The maximum atomic E-state index is 4.43. The Morgan fingerprint density at radius 2 is 2.16 bits per heavy atom. The Morgan fingerprint density at radius 3 is 2.95 bits per heavy atom. The van der Waals surface area contributed by atoms with Gasteiger partial charge in [0.2, 0.25) is 5.95 Å². The Hall–Kier alpha value is -1.40. The Bertz CT molecular complexity index is 396. The molecule has 6 nitrogen and oxygen atoms in total. The number of rotatable bonds is 5. The summed E-state index contributed by atoms with van der Waals surface area (Å²) < 4.78 is 0. The number of anilines is 2. The largest absolute Gasteiger partial charge is 0.368 e. The highest BCUT2D eigenvalue weighted by molar-refractivity contribution is 5.39. The minimum Gasteiger partial charge on any atom is -0.368 e. The van der Waals surface area contributed by atoms with Crippen molar-refractivity contribution in [3.63, 3.8) is 0 Å². The lowest BCUT2D eigenvalue weighted by Crippen LogP contribution is -2.52. The van der Waals surface area contributed by atoms with E-state index in [1.54, 1.807) is 6.20 Å². The van der Waals surface area contributed by atoms with Crippen molar-refractivity contribution in [1.29, 1.82) is 0 Å². The maximum absolute atomic E-state index is 4.43. The van der Waals surface area contributed by atoms with Crippen molar-refractivity contribution >= 4 is 11.8 Å². The number of hydrogen-bond acceptors (Lipinski definition) is 6. The molecule has 1 aliphatic rings. The molecule has 0 aliphatic carbocycles. The zero-order valence-electron chi connectivity index (χ0n) is 12.1. The summed E-state index contributed by atoms with van der Waals surface area (Å²) in [5.41, 5.74) is 0. The molecule has 6 heteroatoms. The molecule has 1 atom stereocenters. The third-order valence-corrected chi connectivity index (χ3v) is 3.49. The van der Waals surface area contributed by atoms with E-state index in [0.29, 0.717) is 12.0 Å². The highest BCUT2D eigenvalue weighted by Gasteiger charge is 2.21. The number of nitrogens with one attached hydrogen (secondary N) is 2. The van der Waals surface area contributed by atoms with Crippen LogP contribution in [0.5, 0.6) is 0 Å². The van der Waals surface area contributed by atoms with Crippen molar-refractivity contribution in [3.05, 3.63) is 12.3 Å². The molecule has 0 saturated carbocycles. The fraction of sp³-hybridized carbons (Fsp3) is 0.692. The minimum absolute atomic E-state index is 0.524. The summed E-state index contributed by atoms with van der Waals surface area (Å²) in [6.45, 7) is 7.13. The van der Waals surface area contributed by atoms with Gasteiger partial charge in [-0.25, -0.2) is 4.98 Å². The quantitative estimate of drug-likeness (QED) is 0.811. The van der Waals surface area contributed by atoms with Crippen molar-refractivity contribution in [2.45, 2.75) is 13.0 Å². The fourth-order valence-electron chi connectivity index (χ4n) is 2.24. The Kier molecular flexibility index (Phi) is 4.93. The molecule has 106 valence electrons. The topological polar surface area (TPSA) is 56.3 Å². The zero-order chi connectivity index (χ0) is 13.7. The summed E-state index contributed by atoms with van der Waals surface area (Å²) >= 11 is 0. The van der Waals surface area contributed by atoms with Crippen molar-refractivity contribution < 1.29 is 0 Å². The molecule has 1 fully saturated rings. The van der Waals surface area contributed by atoms with Crippen LogP contribution in [0.15, 0.2) is 12.3 Å². The fourth-order valence-corrected chi connectivity index (χ4v) is 2.24. The first-order valence-electron chi connectivity index (χ1n) is 6.88. The Morgan fingerprint density at radius 1 is 1.32 bits per heavy atom. The van der Waals surface area contributed by atoms with Crippen molar-refractivity contribution in [3.8, 4) is 0 Å². The second-order valence-corrected chi connectivity index (χ2v) is 5.07. The van der Waals surface area contributed by atoms with Gasteiger partial charge in [0.25, 0.3) is 0 Å². The van der Waals surface area contributed by atoms with E-state index in [2.05, 4.69) is 44.5 Å². The van der Waals surface area contributed by atoms with Crippen LogP contribution in [-0.4, -0.2) is 72.6 Å². The third-order valence-electron chi connectivity index (χ3n) is 3.49. The number of aromatic nitrogens is 2. The molecule has 0 spiro atoms. The van der Waals surface area contributed by atoms with Crippen LogP contribution in [-0.2, 0) is 0 Å². The van der Waals surface area contributed by atoms with Crippen LogP contribution in [0.2, 0.25) is 0 Å². The molecular formula is C13H24N6. The average molecular weight is 264 g/mol. The highest BCUT2D eigenvalue weighted by atomic mass is 15.3. The predicted molar refractivity (Wildman–Crippen MR) is 78.6 cm³/mol. The first kappa shape index (κ1) is 14.0. The average Bonchev–Trinajstić information content (AvgIpc) is 2.41. The summed E-state index contributed by atoms with van der Waals surface area (Å²) in [5, 5.41) is 6.53. The van der Waals surface area contributed by atoms with E-state index in [1.807, 2.05) is 13.0 Å². The highest BCUT2D eigenvalue weighted by Crippen LogP contribution is 2.09. The summed E-state index contributed by atoms with van der Waals surface area (Å²) in [4.78, 5) is 13.4. The lowest BCUT2D eigenvalue weighted by molar-refractivity contribution is 0.122. The van der Waals surface area contributed by atoms with E-state index in [0.717, 1.165) is 38.5 Å². The molecule has 0 amide bonds. The van der Waals surface area contributed by atoms with E-state index in [4.69, 9.17) is 0 Å². The van der Waals surface area contributed by atoms with Gasteiger partial charge in [0.15, 0.2) is 0 Å². The number of nitrogens with zero attached hydrogens (tertiary/aromatic N) is 4. The lowest BCUT2D eigenvalue weighted by atomic mass is 10.2. The van der Waals surface area contributed by atoms with E-state index in [9.17, 15) is 0 Å². The minimum atomic E-state index is 0.524. The molecule has 0 aromatic carbocycles. The van der Waals surface area contributed by atoms with Crippen molar-refractivity contribution in [2.24, 2.45) is 0 Å². The summed E-state index contributed by atoms with van der Waals surface area (Å²) in [5.74, 6) is 1.56. The van der Waals surface area contributed by atoms with Gasteiger partial charge >= 0.3 is 0 Å². The van der Waals surface area contributed by atoms with Crippen molar-refractivity contribution in [2.75, 3.05) is 57.5 Å². The number of hydrogen-bond donors (Lipinski definition) is 2. The normalized spacial score (nSPS) is 21.3. The molecular weight excluding hydrogens is 240 g/mol. The first-order valence-corrected chi connectivity index (χ1v) is 6.88. The smallest absolute Gasteiger partial charge is 0.224 e. The van der Waals surface area contributed by atoms with Gasteiger partial charge in [-0.15, -0.1) is 0 Å². The standard InChI is InChI=1S/C13H24N6/c1-4-14-13-15-6-5-12(17-13)16-9-11-10-18(2)7-8-19(11)3/h5-6,11H,4,7-10H2,1-3H3,(H2,14,15,16,17). The van der Waals surface area contributed by atoms with Crippen LogP contribution < -0.4 is 10.6 Å². The SMILES string of the molecule is CCNc1nccc(NCC2CN(C)CCN2C)n1. The van der Waals surface area contributed by atoms with Gasteiger partial charge in [-0.05, 0) is 27.1 Å². The molecule has 1 unspecified atom stereocenters. The molecule has 0 radical (unpaired) electrons. The lowest BCUT2D eigenvalue weighted by Gasteiger charge is -2.37. The molecule has 0 bridgehead atoms. The number of piperazine rings is 1. The first-order chi connectivity index (χ1) is 9.19. The van der Waals surface area contributed by atoms with Gasteiger partial charge in [-0.3, -0.25) is 4.90 Å². The summed E-state index contributed by atoms with van der Waals surface area (Å²) in [6.07, 6.45) is 1.78. The van der Waals surface area contributed by atoms with E-state index >= 15 is 0 Å². The summed E-state index contributed by atoms with van der Waals surface area (Å²) in [6, 6.07) is 2.43. The molecule has 1 aromatic heterocycles. The van der Waals surface area contributed by atoms with Crippen LogP contribution in [0.4, 0.5) is 11.8 Å². The van der Waals surface area contributed by atoms with Gasteiger partial charge in [-0.1, -0.05) is 0 Å². The molecule has 2 rings (SSSR count). The van der Waals surface area contributed by atoms with E-state index in [-0.39, 0.29) is 0 Å². The summed E-state index contributed by atoms with van der Waals surface area (Å²) in [7, 11) is 4.36. The van der Waals surface area contributed by atoms with Crippen LogP contribution in [0, 0.1) is 0 Å². The number of likely N-dealkylation sites (N-methyl/N-ethyl adjacent to an activating group) is 2. The maximum Gasteiger partial charge on any atom is 0.224 e. The molecule has 1 aliphatic heterocycles. The van der Waals surface area contributed by atoms with Gasteiger partial charge in [0.05, 0.1) is 0 Å². The van der Waals surface area contributed by atoms with Gasteiger partial charge in [-0.2, -0.15) is 4.98 Å². The molecule has 19 heavy (non-hydrogen) atoms. The van der Waals surface area contributed by atoms with E-state index < -0.39 is 0 Å². The molecule has 2 N–H and O–H groups in total. The monoisotopic (exact) mass is 264 g/mol. The van der Waals surface area contributed by atoms with Crippen LogP contribution in [0.25, 0.3) is 0 Å². The van der Waals surface area contributed by atoms with E-state index in [1.165, 1.54) is 0 Å². The zero-order valence-corrected chi connectivity index (χ0v) is 12.1. The predicted octanol–water partition coefficient (Wildman–Crippen LogP) is 0.566. The van der Waals surface area contributed by atoms with Crippen LogP contribution in [0.3, 0.4) is 0 Å². The Labute approximate surface area is 115 Å². The van der Waals surface area contributed by atoms with Gasteiger partial charge < -0.3 is 15.5 Å².